The van der Waals surface area contributed by atoms with E-state index in [0.717, 1.165) is 0 Å². The number of hydrogen-bond donors (Lipinski definition) is 2. The minimum absolute atomic E-state index is 0.465. The van der Waals surface area contributed by atoms with Gasteiger partial charge in [0.25, 0.3) is 0 Å². The molecule has 1 rings (SSSR count). The topological polar surface area (TPSA) is 84.9 Å². The molecule has 0 saturated heterocycles. The molecule has 0 saturated carbocycles. The van der Waals surface area contributed by atoms with Gasteiger partial charge in [-0.25, -0.2) is 4.79 Å². The van der Waals surface area contributed by atoms with Gasteiger partial charge in [0, 0.05) is 5.69 Å². The first-order chi connectivity index (χ1) is 8.56. The summed E-state index contributed by atoms with van der Waals surface area (Å²) in [6.07, 6.45) is -0.701. The molecule has 1 atom stereocenters. The van der Waals surface area contributed by atoms with Crippen LogP contribution >= 0.6 is 0 Å². The van der Waals surface area contributed by atoms with Crippen molar-refractivity contribution in [2.24, 2.45) is 0 Å². The van der Waals surface area contributed by atoms with Crippen molar-refractivity contribution in [3.05, 3.63) is 24.3 Å². The van der Waals surface area contributed by atoms with Crippen molar-refractivity contribution in [1.29, 1.82) is 0 Å². The predicted octanol–water partition coefficient (Wildman–Crippen LogP) is 0.558. The molecule has 0 aliphatic rings. The molecule has 0 bridgehead atoms. The summed E-state index contributed by atoms with van der Waals surface area (Å²) in [5.74, 6) is -0.478. The van der Waals surface area contributed by atoms with Crippen LogP contribution in [0.25, 0.3) is 0 Å². The lowest BCUT2D eigenvalue weighted by Gasteiger charge is -2.12. The Labute approximate surface area is 105 Å². The molecule has 6 nitrogen and oxygen atoms in total. The minimum Gasteiger partial charge on any atom is -0.479 e. The van der Waals surface area contributed by atoms with Crippen LogP contribution in [0.2, 0.25) is 0 Å². The second-order valence-electron chi connectivity index (χ2n) is 3.51. The highest BCUT2D eigenvalue weighted by molar-refractivity contribution is 5.91. The van der Waals surface area contributed by atoms with Gasteiger partial charge in [0.2, 0.25) is 5.91 Å². The van der Waals surface area contributed by atoms with E-state index >= 15 is 0 Å². The molecule has 0 aromatic heterocycles. The number of esters is 1. The standard InChI is InChI=1S/C12H15NO5/c1-8(12(16)17-2)18-10-5-3-9(4-6-10)13-11(15)7-14/h3-6,8,14H,7H2,1-2H3,(H,13,15). The van der Waals surface area contributed by atoms with Crippen molar-refractivity contribution in [3.8, 4) is 5.75 Å². The van der Waals surface area contributed by atoms with E-state index in [0.29, 0.717) is 11.4 Å². The molecule has 0 radical (unpaired) electrons. The highest BCUT2D eigenvalue weighted by atomic mass is 16.6. The van der Waals surface area contributed by atoms with Gasteiger partial charge in [0.1, 0.15) is 12.4 Å². The Kier molecular flexibility index (Phi) is 5.13. The van der Waals surface area contributed by atoms with Gasteiger partial charge in [-0.05, 0) is 31.2 Å². The summed E-state index contributed by atoms with van der Waals surface area (Å²) >= 11 is 0. The van der Waals surface area contributed by atoms with E-state index in [1.807, 2.05) is 0 Å². The normalized spacial score (nSPS) is 11.5. The molecule has 2 N–H and O–H groups in total. The number of nitrogens with one attached hydrogen (secondary N) is 1. The number of amides is 1. The molecule has 0 heterocycles. The zero-order valence-electron chi connectivity index (χ0n) is 10.2. The van der Waals surface area contributed by atoms with Gasteiger partial charge in [-0.2, -0.15) is 0 Å². The average Bonchev–Trinajstić information content (AvgIpc) is 2.39. The molecule has 1 amide bonds. The number of hydrogen-bond acceptors (Lipinski definition) is 5. The smallest absolute Gasteiger partial charge is 0.346 e. The van der Waals surface area contributed by atoms with E-state index in [1.165, 1.54) is 7.11 Å². The predicted molar refractivity (Wildman–Crippen MR) is 64.3 cm³/mol. The molecule has 6 heteroatoms. The van der Waals surface area contributed by atoms with Crippen LogP contribution in [0, 0.1) is 0 Å². The van der Waals surface area contributed by atoms with Crippen LogP contribution in [0.4, 0.5) is 5.69 Å². The summed E-state index contributed by atoms with van der Waals surface area (Å²) in [5, 5.41) is 11.0. The molecule has 0 aliphatic heterocycles. The number of benzene rings is 1. The zero-order valence-corrected chi connectivity index (χ0v) is 10.2. The van der Waals surface area contributed by atoms with Crippen molar-refractivity contribution < 1.29 is 24.2 Å². The maximum absolute atomic E-state index is 11.1. The molecular weight excluding hydrogens is 238 g/mol. The van der Waals surface area contributed by atoms with Crippen LogP contribution in [0.3, 0.4) is 0 Å². The van der Waals surface area contributed by atoms with Crippen LogP contribution in [0.5, 0.6) is 5.75 Å². The fourth-order valence-electron chi connectivity index (χ4n) is 1.24. The number of rotatable bonds is 5. The fraction of sp³-hybridized carbons (Fsp3) is 0.333. The fourth-order valence-corrected chi connectivity index (χ4v) is 1.24. The lowest BCUT2D eigenvalue weighted by atomic mass is 10.3. The van der Waals surface area contributed by atoms with E-state index in [1.54, 1.807) is 31.2 Å². The van der Waals surface area contributed by atoms with E-state index in [9.17, 15) is 9.59 Å². The van der Waals surface area contributed by atoms with Crippen LogP contribution in [-0.2, 0) is 14.3 Å². The number of aliphatic hydroxyl groups excluding tert-OH is 1. The summed E-state index contributed by atoms with van der Waals surface area (Å²) in [6, 6.07) is 6.42. The Morgan fingerprint density at radius 1 is 1.33 bits per heavy atom. The SMILES string of the molecule is COC(=O)C(C)Oc1ccc(NC(=O)CO)cc1. The second kappa shape index (κ2) is 6.61. The summed E-state index contributed by atoms with van der Waals surface area (Å²) in [5.41, 5.74) is 0.534. The average molecular weight is 253 g/mol. The number of aliphatic hydroxyl groups is 1. The molecular formula is C12H15NO5. The number of methoxy groups -OCH3 is 1. The van der Waals surface area contributed by atoms with Crippen molar-refractivity contribution in [3.63, 3.8) is 0 Å². The monoisotopic (exact) mass is 253 g/mol. The third kappa shape index (κ3) is 4.06. The van der Waals surface area contributed by atoms with Gasteiger partial charge in [0.05, 0.1) is 7.11 Å². The van der Waals surface area contributed by atoms with E-state index in [-0.39, 0.29) is 0 Å². The van der Waals surface area contributed by atoms with Crippen LogP contribution in [-0.4, -0.2) is 36.8 Å². The van der Waals surface area contributed by atoms with Gasteiger partial charge >= 0.3 is 5.97 Å². The van der Waals surface area contributed by atoms with Crippen LogP contribution in [0.15, 0.2) is 24.3 Å². The van der Waals surface area contributed by atoms with Gasteiger partial charge in [0.15, 0.2) is 6.10 Å². The first-order valence-electron chi connectivity index (χ1n) is 5.32. The van der Waals surface area contributed by atoms with Crippen molar-refractivity contribution in [2.45, 2.75) is 13.0 Å². The van der Waals surface area contributed by atoms with Crippen molar-refractivity contribution in [2.75, 3.05) is 19.0 Å². The highest BCUT2D eigenvalue weighted by Gasteiger charge is 2.14. The Morgan fingerprint density at radius 3 is 2.44 bits per heavy atom. The van der Waals surface area contributed by atoms with Gasteiger partial charge in [-0.15, -0.1) is 0 Å². The van der Waals surface area contributed by atoms with E-state index < -0.39 is 24.6 Å². The summed E-state index contributed by atoms with van der Waals surface area (Å²) in [6.45, 7) is 1.00. The third-order valence-electron chi connectivity index (χ3n) is 2.13. The third-order valence-corrected chi connectivity index (χ3v) is 2.13. The first-order valence-corrected chi connectivity index (χ1v) is 5.32. The number of ether oxygens (including phenoxy) is 2. The Bertz CT molecular complexity index is 415. The number of anilines is 1. The maximum atomic E-state index is 11.1. The van der Waals surface area contributed by atoms with Gasteiger partial charge in [-0.1, -0.05) is 0 Å². The first kappa shape index (κ1) is 14.0. The lowest BCUT2D eigenvalue weighted by Crippen LogP contribution is -2.24. The zero-order chi connectivity index (χ0) is 13.5. The van der Waals surface area contributed by atoms with Crippen LogP contribution < -0.4 is 10.1 Å². The van der Waals surface area contributed by atoms with Crippen molar-refractivity contribution >= 4 is 17.6 Å². The summed E-state index contributed by atoms with van der Waals surface area (Å²) in [7, 11) is 1.29. The number of carbonyl (C=O) groups excluding carboxylic acids is 2. The highest BCUT2D eigenvalue weighted by Crippen LogP contribution is 2.17. The molecule has 0 spiro atoms. The molecule has 0 aliphatic carbocycles. The number of carbonyl (C=O) groups is 2. The maximum Gasteiger partial charge on any atom is 0.346 e. The molecule has 1 unspecified atom stereocenters. The summed E-state index contributed by atoms with van der Waals surface area (Å²) < 4.78 is 9.84. The van der Waals surface area contributed by atoms with E-state index in [2.05, 4.69) is 10.1 Å². The molecule has 1 aromatic carbocycles. The Morgan fingerprint density at radius 2 is 1.94 bits per heavy atom. The minimum atomic E-state index is -0.701. The molecule has 1 aromatic rings. The largest absolute Gasteiger partial charge is 0.479 e. The summed E-state index contributed by atoms with van der Waals surface area (Å²) in [4.78, 5) is 22.1. The van der Waals surface area contributed by atoms with Gasteiger partial charge < -0.3 is 19.9 Å². The second-order valence-corrected chi connectivity index (χ2v) is 3.51. The molecule has 18 heavy (non-hydrogen) atoms. The Balaban J connectivity index is 2.60. The Hall–Kier alpha value is -2.08. The van der Waals surface area contributed by atoms with Gasteiger partial charge in [-0.3, -0.25) is 4.79 Å². The van der Waals surface area contributed by atoms with Crippen LogP contribution in [0.1, 0.15) is 6.92 Å². The molecule has 98 valence electrons. The van der Waals surface area contributed by atoms with Crippen molar-refractivity contribution in [1.82, 2.24) is 0 Å². The lowest BCUT2D eigenvalue weighted by molar-refractivity contribution is -0.147. The van der Waals surface area contributed by atoms with E-state index in [4.69, 9.17) is 9.84 Å². The quantitative estimate of drug-likeness (QED) is 0.749. The molecule has 0 fully saturated rings.